The van der Waals surface area contributed by atoms with Gasteiger partial charge in [0.2, 0.25) is 0 Å². The Kier molecular flexibility index (Phi) is 3.44. The van der Waals surface area contributed by atoms with Crippen molar-refractivity contribution in [2.24, 2.45) is 0 Å². The lowest BCUT2D eigenvalue weighted by Gasteiger charge is -2.02. The van der Waals surface area contributed by atoms with Gasteiger partial charge in [-0.25, -0.2) is 4.98 Å². The van der Waals surface area contributed by atoms with Crippen molar-refractivity contribution in [2.45, 2.75) is 26.2 Å². The van der Waals surface area contributed by atoms with Crippen LogP contribution in [-0.4, -0.2) is 21.4 Å². The number of rotatable bonds is 5. The minimum absolute atomic E-state index is 0.969. The third-order valence-corrected chi connectivity index (χ3v) is 1.47. The van der Waals surface area contributed by atoms with Gasteiger partial charge < -0.3 is 5.43 Å². The van der Waals surface area contributed by atoms with Crippen molar-refractivity contribution in [1.82, 2.24) is 14.9 Å². The van der Waals surface area contributed by atoms with Gasteiger partial charge in [-0.2, -0.15) is 4.79 Å². The molecule has 11 heavy (non-hydrogen) atoms. The predicted octanol–water partition coefficient (Wildman–Crippen LogP) is 1.01. The van der Waals surface area contributed by atoms with Gasteiger partial charge in [-0.3, -0.25) is 0 Å². The van der Waals surface area contributed by atoms with E-state index in [1.165, 1.54) is 25.6 Å². The van der Waals surface area contributed by atoms with Crippen molar-refractivity contribution in [3.8, 4) is 0 Å². The normalized spacial score (nSPS) is 9.91. The van der Waals surface area contributed by atoms with E-state index < -0.39 is 0 Å². The van der Waals surface area contributed by atoms with Crippen LogP contribution in [0.1, 0.15) is 26.2 Å². The van der Waals surface area contributed by atoms with E-state index in [-0.39, 0.29) is 0 Å². The molecule has 1 aromatic heterocycles. The molecule has 0 aliphatic carbocycles. The molecular weight excluding hydrogens is 140 g/mol. The smallest absolute Gasteiger partial charge is 0.139 e. The Hall–Kier alpha value is -1.06. The zero-order chi connectivity index (χ0) is 7.94. The molecule has 62 valence electrons. The van der Waals surface area contributed by atoms with E-state index in [4.69, 9.17) is 0 Å². The van der Waals surface area contributed by atoms with E-state index in [1.54, 1.807) is 11.1 Å². The number of hydrogen-bond donors (Lipinski definition) is 1. The second-order valence-electron chi connectivity index (χ2n) is 2.46. The second kappa shape index (κ2) is 4.71. The Morgan fingerprint density at radius 1 is 1.45 bits per heavy atom. The van der Waals surface area contributed by atoms with Crippen LogP contribution in [0.3, 0.4) is 0 Å². The highest BCUT2D eigenvalue weighted by Gasteiger charge is 1.87. The third kappa shape index (κ3) is 3.02. The van der Waals surface area contributed by atoms with Crippen molar-refractivity contribution < 1.29 is 0 Å². The number of nitrogens with one attached hydrogen (secondary N) is 1. The molecule has 1 N–H and O–H groups in total. The van der Waals surface area contributed by atoms with Crippen molar-refractivity contribution in [3.63, 3.8) is 0 Å². The van der Waals surface area contributed by atoms with Gasteiger partial charge in [0.1, 0.15) is 12.7 Å². The van der Waals surface area contributed by atoms with Crippen LogP contribution in [0.15, 0.2) is 12.7 Å². The third-order valence-electron chi connectivity index (χ3n) is 1.47. The number of unbranched alkanes of at least 4 members (excludes halogenated alkanes) is 2. The molecule has 1 heterocycles. The first-order valence-corrected chi connectivity index (χ1v) is 4.02. The molecule has 4 nitrogen and oxygen atoms in total. The van der Waals surface area contributed by atoms with Crippen LogP contribution >= 0.6 is 0 Å². The zero-order valence-electron chi connectivity index (χ0n) is 6.82. The van der Waals surface area contributed by atoms with Gasteiger partial charge in [0.05, 0.1) is 0 Å². The molecule has 1 rings (SSSR count). The van der Waals surface area contributed by atoms with Crippen LogP contribution in [0.5, 0.6) is 0 Å². The maximum Gasteiger partial charge on any atom is 0.139 e. The van der Waals surface area contributed by atoms with Gasteiger partial charge in [-0.15, -0.1) is 5.10 Å². The topological polar surface area (TPSA) is 42.7 Å². The first-order chi connectivity index (χ1) is 5.43. The molecule has 0 fully saturated rings. The fourth-order valence-electron chi connectivity index (χ4n) is 0.858. The van der Waals surface area contributed by atoms with Gasteiger partial charge in [0.25, 0.3) is 0 Å². The first-order valence-electron chi connectivity index (χ1n) is 4.02. The molecule has 0 spiro atoms. The summed E-state index contributed by atoms with van der Waals surface area (Å²) in [7, 11) is 0. The average Bonchev–Trinajstić information content (AvgIpc) is 2.50. The van der Waals surface area contributed by atoms with E-state index in [1.807, 2.05) is 0 Å². The molecule has 0 aliphatic rings. The Bertz CT molecular complexity index is 171. The minimum atomic E-state index is 0.969. The molecule has 0 unspecified atom stereocenters. The average molecular weight is 154 g/mol. The zero-order valence-corrected chi connectivity index (χ0v) is 6.82. The van der Waals surface area contributed by atoms with Gasteiger partial charge in [0.15, 0.2) is 0 Å². The summed E-state index contributed by atoms with van der Waals surface area (Å²) in [5.41, 5.74) is 3.10. The van der Waals surface area contributed by atoms with Gasteiger partial charge in [0, 0.05) is 6.54 Å². The van der Waals surface area contributed by atoms with Crippen LogP contribution in [0.2, 0.25) is 0 Å². The Balaban J connectivity index is 2.04. The van der Waals surface area contributed by atoms with Crippen LogP contribution in [0, 0.1) is 0 Å². The fourth-order valence-corrected chi connectivity index (χ4v) is 0.858. The van der Waals surface area contributed by atoms with Crippen molar-refractivity contribution in [1.29, 1.82) is 0 Å². The van der Waals surface area contributed by atoms with Crippen LogP contribution in [0.4, 0.5) is 0 Å². The Morgan fingerprint density at radius 2 is 2.36 bits per heavy atom. The molecule has 0 aromatic carbocycles. The lowest BCUT2D eigenvalue weighted by molar-refractivity contribution is 0.666. The quantitative estimate of drug-likeness (QED) is 0.644. The molecule has 0 radical (unpaired) electrons. The van der Waals surface area contributed by atoms with Crippen molar-refractivity contribution in [2.75, 3.05) is 12.0 Å². The Morgan fingerprint density at radius 3 is 3.00 bits per heavy atom. The van der Waals surface area contributed by atoms with E-state index in [9.17, 15) is 0 Å². The standard InChI is InChI=1S/C7H14N4/c1-2-3-4-5-9-11-7-8-6-10-11/h6-7,9H,2-5H2,1H3. The van der Waals surface area contributed by atoms with Crippen molar-refractivity contribution in [3.05, 3.63) is 12.7 Å². The SMILES string of the molecule is CCCCCNn1cncn1. The summed E-state index contributed by atoms with van der Waals surface area (Å²) >= 11 is 0. The predicted molar refractivity (Wildman–Crippen MR) is 43.8 cm³/mol. The maximum atomic E-state index is 3.91. The monoisotopic (exact) mass is 154 g/mol. The molecule has 0 atom stereocenters. The summed E-state index contributed by atoms with van der Waals surface area (Å²) in [5, 5.41) is 3.91. The number of hydrogen-bond acceptors (Lipinski definition) is 3. The molecule has 0 bridgehead atoms. The minimum Gasteiger partial charge on any atom is -0.309 e. The van der Waals surface area contributed by atoms with E-state index in [2.05, 4.69) is 22.4 Å². The maximum absolute atomic E-state index is 3.91. The van der Waals surface area contributed by atoms with E-state index in [0.717, 1.165) is 6.54 Å². The lowest BCUT2D eigenvalue weighted by atomic mass is 10.3. The molecule has 0 saturated carbocycles. The highest BCUT2D eigenvalue weighted by Crippen LogP contribution is 1.91. The number of nitrogens with zero attached hydrogens (tertiary/aromatic N) is 3. The molecule has 0 saturated heterocycles. The first kappa shape index (κ1) is 8.04. The lowest BCUT2D eigenvalue weighted by Crippen LogP contribution is -2.16. The highest BCUT2D eigenvalue weighted by molar-refractivity contribution is 4.66. The molecular formula is C7H14N4. The van der Waals surface area contributed by atoms with Crippen LogP contribution < -0.4 is 5.43 Å². The van der Waals surface area contributed by atoms with Gasteiger partial charge in [-0.1, -0.05) is 19.8 Å². The molecule has 1 aromatic rings. The van der Waals surface area contributed by atoms with E-state index >= 15 is 0 Å². The van der Waals surface area contributed by atoms with E-state index in [0.29, 0.717) is 0 Å². The van der Waals surface area contributed by atoms with Crippen LogP contribution in [0.25, 0.3) is 0 Å². The molecule has 4 heteroatoms. The number of aromatic nitrogens is 3. The second-order valence-corrected chi connectivity index (χ2v) is 2.46. The largest absolute Gasteiger partial charge is 0.309 e. The molecule has 0 aliphatic heterocycles. The van der Waals surface area contributed by atoms with Crippen LogP contribution in [-0.2, 0) is 0 Å². The summed E-state index contributed by atoms with van der Waals surface area (Å²) < 4.78 is 0. The molecule has 0 amide bonds. The summed E-state index contributed by atoms with van der Waals surface area (Å²) in [6, 6.07) is 0. The summed E-state index contributed by atoms with van der Waals surface area (Å²) in [4.78, 5) is 5.45. The fraction of sp³-hybridized carbons (Fsp3) is 0.714. The summed E-state index contributed by atoms with van der Waals surface area (Å²) in [6.45, 7) is 3.16. The van der Waals surface area contributed by atoms with Crippen molar-refractivity contribution >= 4 is 0 Å². The Labute approximate surface area is 66.6 Å². The van der Waals surface area contributed by atoms with Gasteiger partial charge in [-0.05, 0) is 6.42 Å². The summed E-state index contributed by atoms with van der Waals surface area (Å²) in [6.07, 6.45) is 6.88. The van der Waals surface area contributed by atoms with Gasteiger partial charge >= 0.3 is 0 Å². The highest BCUT2D eigenvalue weighted by atomic mass is 15.6. The summed E-state index contributed by atoms with van der Waals surface area (Å²) in [5.74, 6) is 0.